The number of thioether (sulfide) groups is 1. The minimum absolute atomic E-state index is 0.152. The van der Waals surface area contributed by atoms with Gasteiger partial charge in [-0.2, -0.15) is 0 Å². The molecule has 0 saturated carbocycles. The smallest absolute Gasteiger partial charge is 0.229 e. The molecule has 1 amide bonds. The van der Waals surface area contributed by atoms with Gasteiger partial charge in [0.2, 0.25) is 21.1 Å². The quantitative estimate of drug-likeness (QED) is 0.505. The van der Waals surface area contributed by atoms with E-state index in [0.29, 0.717) is 23.2 Å². The van der Waals surface area contributed by atoms with E-state index in [0.717, 1.165) is 4.34 Å². The van der Waals surface area contributed by atoms with E-state index in [-0.39, 0.29) is 36.2 Å². The molecule has 0 radical (unpaired) electrons. The Balaban J connectivity index is 1.53. The third-order valence-electron chi connectivity index (χ3n) is 4.49. The SMILES string of the molecule is CC(C)Sc1nnc(NC(=O)C2CCN(S(=O)(=O)Cc3ccccc3F)CC2)s1. The van der Waals surface area contributed by atoms with Gasteiger partial charge in [0.05, 0.1) is 5.75 Å². The number of anilines is 1. The van der Waals surface area contributed by atoms with Gasteiger partial charge in [-0.1, -0.05) is 55.1 Å². The van der Waals surface area contributed by atoms with E-state index in [1.54, 1.807) is 17.8 Å². The van der Waals surface area contributed by atoms with Gasteiger partial charge in [0.25, 0.3) is 0 Å². The van der Waals surface area contributed by atoms with Crippen molar-refractivity contribution < 1.29 is 17.6 Å². The van der Waals surface area contributed by atoms with Gasteiger partial charge in [0.15, 0.2) is 4.34 Å². The first-order valence-corrected chi connectivity index (χ1v) is 12.6. The van der Waals surface area contributed by atoms with Crippen molar-refractivity contribution in [3.05, 3.63) is 35.6 Å². The summed E-state index contributed by atoms with van der Waals surface area (Å²) in [6.07, 6.45) is 0.823. The van der Waals surface area contributed by atoms with Gasteiger partial charge in [-0.25, -0.2) is 17.1 Å². The molecular weight excluding hydrogens is 435 g/mol. The molecule has 1 aliphatic rings. The molecule has 2 heterocycles. The topological polar surface area (TPSA) is 92.3 Å². The lowest BCUT2D eigenvalue weighted by Crippen LogP contribution is -2.42. The number of nitrogens with zero attached hydrogens (tertiary/aromatic N) is 3. The van der Waals surface area contributed by atoms with Gasteiger partial charge >= 0.3 is 0 Å². The van der Waals surface area contributed by atoms with E-state index in [1.807, 2.05) is 0 Å². The summed E-state index contributed by atoms with van der Waals surface area (Å²) in [6, 6.07) is 5.86. The average molecular weight is 459 g/mol. The molecule has 29 heavy (non-hydrogen) atoms. The van der Waals surface area contributed by atoms with Gasteiger partial charge in [0.1, 0.15) is 5.82 Å². The van der Waals surface area contributed by atoms with Crippen molar-refractivity contribution in [3.8, 4) is 0 Å². The number of benzene rings is 1. The van der Waals surface area contributed by atoms with Crippen molar-refractivity contribution in [1.29, 1.82) is 0 Å². The van der Waals surface area contributed by atoms with Crippen LogP contribution in [0.1, 0.15) is 32.3 Å². The molecule has 1 aromatic carbocycles. The highest BCUT2D eigenvalue weighted by molar-refractivity contribution is 8.01. The minimum atomic E-state index is -3.64. The van der Waals surface area contributed by atoms with Crippen LogP contribution in [0, 0.1) is 11.7 Å². The van der Waals surface area contributed by atoms with Gasteiger partial charge in [-0.15, -0.1) is 10.2 Å². The van der Waals surface area contributed by atoms with E-state index in [1.165, 1.54) is 33.8 Å². The zero-order chi connectivity index (χ0) is 21.0. The molecule has 0 aliphatic carbocycles. The summed E-state index contributed by atoms with van der Waals surface area (Å²) in [4.78, 5) is 12.5. The molecular formula is C18H23FN4O3S3. The Morgan fingerprint density at radius 3 is 2.66 bits per heavy atom. The Morgan fingerprint density at radius 1 is 1.31 bits per heavy atom. The number of rotatable bonds is 7. The first-order chi connectivity index (χ1) is 13.7. The summed E-state index contributed by atoms with van der Waals surface area (Å²) in [5.41, 5.74) is 0.152. The van der Waals surface area contributed by atoms with Crippen LogP contribution in [0.2, 0.25) is 0 Å². The Hall–Kier alpha value is -1.56. The minimum Gasteiger partial charge on any atom is -0.300 e. The molecule has 0 spiro atoms. The average Bonchev–Trinajstić information content (AvgIpc) is 3.09. The van der Waals surface area contributed by atoms with E-state index >= 15 is 0 Å². The second kappa shape index (κ2) is 9.50. The summed E-state index contributed by atoms with van der Waals surface area (Å²) in [5, 5.41) is 11.6. The lowest BCUT2D eigenvalue weighted by molar-refractivity contribution is -0.120. The molecule has 0 atom stereocenters. The molecule has 0 unspecified atom stereocenters. The largest absolute Gasteiger partial charge is 0.300 e. The predicted octanol–water partition coefficient (Wildman–Crippen LogP) is 3.36. The standard InChI is InChI=1S/C18H23FN4O3S3/c1-12(2)27-18-22-21-17(28-18)20-16(24)13-7-9-23(10-8-13)29(25,26)11-14-5-3-4-6-15(14)19/h3-6,12-13H,7-11H2,1-2H3,(H,20,21,24). The van der Waals surface area contributed by atoms with Crippen molar-refractivity contribution in [2.75, 3.05) is 18.4 Å². The van der Waals surface area contributed by atoms with E-state index < -0.39 is 15.8 Å². The molecule has 158 valence electrons. The predicted molar refractivity (Wildman–Crippen MR) is 113 cm³/mol. The number of amides is 1. The number of nitrogens with one attached hydrogen (secondary N) is 1. The highest BCUT2D eigenvalue weighted by Crippen LogP contribution is 2.29. The zero-order valence-electron chi connectivity index (χ0n) is 16.2. The van der Waals surface area contributed by atoms with Crippen LogP contribution < -0.4 is 5.32 Å². The highest BCUT2D eigenvalue weighted by atomic mass is 32.2. The fourth-order valence-corrected chi connectivity index (χ4v) is 6.57. The molecule has 0 bridgehead atoms. The molecule has 1 aliphatic heterocycles. The van der Waals surface area contributed by atoms with Gasteiger partial charge in [-0.05, 0) is 18.9 Å². The van der Waals surface area contributed by atoms with Crippen molar-refractivity contribution in [2.24, 2.45) is 5.92 Å². The van der Waals surface area contributed by atoms with Gasteiger partial charge in [0, 0.05) is 29.8 Å². The summed E-state index contributed by atoms with van der Waals surface area (Å²) in [7, 11) is -3.64. The van der Waals surface area contributed by atoms with Crippen LogP contribution in [-0.2, 0) is 20.6 Å². The lowest BCUT2D eigenvalue weighted by Gasteiger charge is -2.30. The molecule has 1 N–H and O–H groups in total. The fraction of sp³-hybridized carbons (Fsp3) is 0.500. The van der Waals surface area contributed by atoms with Crippen molar-refractivity contribution in [2.45, 2.75) is 42.0 Å². The third-order valence-corrected chi connectivity index (χ3v) is 8.24. The number of hydrogen-bond donors (Lipinski definition) is 1. The molecule has 1 fully saturated rings. The Labute approximate surface area is 178 Å². The number of halogens is 1. The van der Waals surface area contributed by atoms with E-state index in [2.05, 4.69) is 29.4 Å². The fourth-order valence-electron chi connectivity index (χ4n) is 3.02. The van der Waals surface area contributed by atoms with Crippen molar-refractivity contribution in [1.82, 2.24) is 14.5 Å². The van der Waals surface area contributed by atoms with Crippen LogP contribution >= 0.6 is 23.1 Å². The highest BCUT2D eigenvalue weighted by Gasteiger charge is 2.32. The maximum absolute atomic E-state index is 13.8. The molecule has 3 rings (SSSR count). The van der Waals surface area contributed by atoms with Crippen LogP contribution in [-0.4, -0.2) is 47.2 Å². The summed E-state index contributed by atoms with van der Waals surface area (Å²) < 4.78 is 41.1. The maximum atomic E-state index is 13.8. The van der Waals surface area contributed by atoms with E-state index in [9.17, 15) is 17.6 Å². The normalized spacial score (nSPS) is 16.3. The summed E-state index contributed by atoms with van der Waals surface area (Å²) in [5.74, 6) is -1.37. The first kappa shape index (κ1) is 22.1. The Kier molecular flexibility index (Phi) is 7.25. The third kappa shape index (κ3) is 5.97. The second-order valence-corrected chi connectivity index (χ2v) is 11.8. The zero-order valence-corrected chi connectivity index (χ0v) is 18.6. The van der Waals surface area contributed by atoms with E-state index in [4.69, 9.17) is 0 Å². The van der Waals surface area contributed by atoms with Gasteiger partial charge < -0.3 is 5.32 Å². The number of piperidine rings is 1. The Bertz CT molecular complexity index is 957. The summed E-state index contributed by atoms with van der Waals surface area (Å²) >= 11 is 2.91. The number of aromatic nitrogens is 2. The second-order valence-electron chi connectivity index (χ2n) is 7.05. The van der Waals surface area contributed by atoms with Crippen LogP contribution in [0.5, 0.6) is 0 Å². The lowest BCUT2D eigenvalue weighted by atomic mass is 9.97. The van der Waals surface area contributed by atoms with Gasteiger partial charge in [-0.3, -0.25) is 4.79 Å². The molecule has 11 heteroatoms. The van der Waals surface area contributed by atoms with Crippen LogP contribution in [0.3, 0.4) is 0 Å². The van der Waals surface area contributed by atoms with Crippen molar-refractivity contribution >= 4 is 44.2 Å². The maximum Gasteiger partial charge on any atom is 0.229 e. The molecule has 1 aromatic heterocycles. The van der Waals surface area contributed by atoms with Crippen LogP contribution in [0.15, 0.2) is 28.6 Å². The monoisotopic (exact) mass is 458 g/mol. The van der Waals surface area contributed by atoms with Crippen LogP contribution in [0.4, 0.5) is 9.52 Å². The Morgan fingerprint density at radius 2 is 2.00 bits per heavy atom. The molecule has 1 saturated heterocycles. The molecule has 2 aromatic rings. The summed E-state index contributed by atoms with van der Waals surface area (Å²) in [6.45, 7) is 4.58. The van der Waals surface area contributed by atoms with Crippen molar-refractivity contribution in [3.63, 3.8) is 0 Å². The molecule has 7 nitrogen and oxygen atoms in total. The number of carbonyl (C=O) groups is 1. The first-order valence-electron chi connectivity index (χ1n) is 9.27. The number of sulfonamides is 1. The number of hydrogen-bond acceptors (Lipinski definition) is 7. The van der Waals surface area contributed by atoms with Crippen LogP contribution in [0.25, 0.3) is 0 Å². The number of carbonyl (C=O) groups excluding carboxylic acids is 1.